The molecule has 0 bridgehead atoms. The van der Waals surface area contributed by atoms with Crippen LogP contribution in [0.3, 0.4) is 0 Å². The molecule has 5 rings (SSSR count). The third kappa shape index (κ3) is 6.03. The van der Waals surface area contributed by atoms with E-state index in [9.17, 15) is 8.42 Å². The third-order valence-electron chi connectivity index (χ3n) is 5.91. The van der Waals surface area contributed by atoms with Crippen LogP contribution >= 0.6 is 0 Å². The molecule has 10 heteroatoms. The summed E-state index contributed by atoms with van der Waals surface area (Å²) in [5.74, 6) is 8.63. The zero-order valence-corrected chi connectivity index (χ0v) is 21.7. The Balaban J connectivity index is 1.38. The Morgan fingerprint density at radius 3 is 2.68 bits per heavy atom. The molecule has 194 valence electrons. The fourth-order valence-corrected chi connectivity index (χ4v) is 4.81. The van der Waals surface area contributed by atoms with Crippen molar-refractivity contribution in [2.75, 3.05) is 38.4 Å². The molecule has 1 aliphatic heterocycles. The summed E-state index contributed by atoms with van der Waals surface area (Å²) in [5.41, 5.74) is 2.25. The Morgan fingerprint density at radius 1 is 1.05 bits per heavy atom. The highest BCUT2D eigenvalue weighted by atomic mass is 32.2. The van der Waals surface area contributed by atoms with Crippen LogP contribution in [-0.2, 0) is 14.8 Å². The molecule has 9 nitrogen and oxygen atoms in total. The van der Waals surface area contributed by atoms with Crippen LogP contribution in [0.2, 0.25) is 0 Å². The van der Waals surface area contributed by atoms with Crippen LogP contribution in [0.4, 0.5) is 11.5 Å². The number of hydrogen-bond acceptors (Lipinski definition) is 8. The lowest BCUT2D eigenvalue weighted by atomic mass is 10.1. The molecule has 1 unspecified atom stereocenters. The lowest BCUT2D eigenvalue weighted by Crippen LogP contribution is -2.44. The second-order valence-corrected chi connectivity index (χ2v) is 10.6. The second kappa shape index (κ2) is 11.1. The lowest BCUT2D eigenvalue weighted by molar-refractivity contribution is 0.0325. The van der Waals surface area contributed by atoms with Crippen molar-refractivity contribution in [1.29, 1.82) is 0 Å². The van der Waals surface area contributed by atoms with Crippen LogP contribution in [0.1, 0.15) is 5.56 Å². The maximum Gasteiger partial charge on any atom is 0.211 e. The van der Waals surface area contributed by atoms with E-state index in [1.807, 2.05) is 66.7 Å². The van der Waals surface area contributed by atoms with Crippen LogP contribution in [0.25, 0.3) is 10.9 Å². The van der Waals surface area contributed by atoms with Crippen molar-refractivity contribution in [2.45, 2.75) is 6.10 Å². The summed E-state index contributed by atoms with van der Waals surface area (Å²) in [6, 6.07) is 20.7. The van der Waals surface area contributed by atoms with Crippen molar-refractivity contribution in [1.82, 2.24) is 14.3 Å². The summed E-state index contributed by atoms with van der Waals surface area (Å²) in [6.45, 7) is 0.856. The standard InChI is InChI=1S/C28H26N4O5S/c1-35-27-17-21(10-13-26(27)37-22-6-4-3-5-7-22)31-28-24-16-20(9-12-25(24)29-19-30-28)8-11-23-18-32(14-15-36-23)38(2,33)34/h3-7,9-10,12-13,16-17,19,23H,14-15,18H2,1-2H3,(H,29,30,31). The predicted molar refractivity (Wildman–Crippen MR) is 145 cm³/mol. The molecule has 1 saturated heterocycles. The minimum atomic E-state index is -3.29. The van der Waals surface area contributed by atoms with Gasteiger partial charge in [0.05, 0.1) is 32.0 Å². The van der Waals surface area contributed by atoms with Gasteiger partial charge in [-0.25, -0.2) is 18.4 Å². The Kier molecular flexibility index (Phi) is 7.42. The Morgan fingerprint density at radius 2 is 1.89 bits per heavy atom. The first-order valence-corrected chi connectivity index (χ1v) is 13.7. The fraction of sp³-hybridized carbons (Fsp3) is 0.214. The van der Waals surface area contributed by atoms with Gasteiger partial charge < -0.3 is 19.5 Å². The first-order chi connectivity index (χ1) is 18.4. The molecule has 1 aliphatic rings. The Hall–Kier alpha value is -4.17. The zero-order chi connectivity index (χ0) is 26.5. The molecule has 0 saturated carbocycles. The first kappa shape index (κ1) is 25.5. The average molecular weight is 531 g/mol. The number of para-hydroxylation sites is 1. The molecule has 3 aromatic carbocycles. The van der Waals surface area contributed by atoms with Gasteiger partial charge in [-0.15, -0.1) is 0 Å². The minimum Gasteiger partial charge on any atom is -0.493 e. The molecule has 1 N–H and O–H groups in total. The molecule has 38 heavy (non-hydrogen) atoms. The van der Waals surface area contributed by atoms with Crippen molar-refractivity contribution >= 4 is 32.4 Å². The number of methoxy groups -OCH3 is 1. The fourth-order valence-electron chi connectivity index (χ4n) is 3.99. The first-order valence-electron chi connectivity index (χ1n) is 11.9. The zero-order valence-electron chi connectivity index (χ0n) is 20.9. The van der Waals surface area contributed by atoms with Gasteiger partial charge in [0.1, 0.15) is 24.0 Å². The number of nitrogens with zero attached hydrogens (tertiary/aromatic N) is 3. The normalized spacial score (nSPS) is 15.9. The van der Waals surface area contributed by atoms with Crippen LogP contribution in [0.5, 0.6) is 17.2 Å². The number of fused-ring (bicyclic) bond motifs is 1. The van der Waals surface area contributed by atoms with Gasteiger partial charge in [-0.1, -0.05) is 30.0 Å². The van der Waals surface area contributed by atoms with E-state index in [1.165, 1.54) is 16.9 Å². The number of ether oxygens (including phenoxy) is 3. The highest BCUT2D eigenvalue weighted by Crippen LogP contribution is 2.35. The van der Waals surface area contributed by atoms with Gasteiger partial charge in [0.25, 0.3) is 0 Å². The van der Waals surface area contributed by atoms with E-state index in [0.717, 1.165) is 22.2 Å². The van der Waals surface area contributed by atoms with Crippen molar-refractivity contribution in [3.63, 3.8) is 0 Å². The van der Waals surface area contributed by atoms with E-state index in [-0.39, 0.29) is 6.54 Å². The molecular formula is C28H26N4O5S. The quantitative estimate of drug-likeness (QED) is 0.370. The number of aromatic nitrogens is 2. The molecule has 0 radical (unpaired) electrons. The number of nitrogens with one attached hydrogen (secondary N) is 1. The van der Waals surface area contributed by atoms with E-state index >= 15 is 0 Å². The molecule has 1 fully saturated rings. The molecule has 1 atom stereocenters. The van der Waals surface area contributed by atoms with Gasteiger partial charge in [-0.05, 0) is 42.5 Å². The smallest absolute Gasteiger partial charge is 0.211 e. The minimum absolute atomic E-state index is 0.209. The van der Waals surface area contributed by atoms with Crippen LogP contribution < -0.4 is 14.8 Å². The predicted octanol–water partition coefficient (Wildman–Crippen LogP) is 4.19. The monoisotopic (exact) mass is 530 g/mol. The number of hydrogen-bond donors (Lipinski definition) is 1. The summed E-state index contributed by atoms with van der Waals surface area (Å²) in [6.07, 6.45) is 2.19. The summed E-state index contributed by atoms with van der Waals surface area (Å²) in [5, 5.41) is 4.12. The maximum atomic E-state index is 11.9. The van der Waals surface area contributed by atoms with E-state index in [4.69, 9.17) is 14.2 Å². The van der Waals surface area contributed by atoms with Gasteiger partial charge in [-0.3, -0.25) is 0 Å². The number of anilines is 2. The van der Waals surface area contributed by atoms with Crippen molar-refractivity contribution in [2.24, 2.45) is 0 Å². The van der Waals surface area contributed by atoms with Crippen LogP contribution in [0, 0.1) is 11.8 Å². The largest absolute Gasteiger partial charge is 0.493 e. The number of benzene rings is 3. The lowest BCUT2D eigenvalue weighted by Gasteiger charge is -2.28. The molecule has 0 spiro atoms. The molecule has 0 aliphatic carbocycles. The van der Waals surface area contributed by atoms with Crippen LogP contribution in [0.15, 0.2) is 73.1 Å². The molecule has 0 amide bonds. The molecular weight excluding hydrogens is 504 g/mol. The average Bonchev–Trinajstić information content (AvgIpc) is 2.93. The molecule has 1 aromatic heterocycles. The summed E-state index contributed by atoms with van der Waals surface area (Å²) >= 11 is 0. The van der Waals surface area contributed by atoms with Gasteiger partial charge in [0.2, 0.25) is 10.0 Å². The van der Waals surface area contributed by atoms with Gasteiger partial charge in [0, 0.05) is 29.2 Å². The van der Waals surface area contributed by atoms with E-state index in [0.29, 0.717) is 36.2 Å². The van der Waals surface area contributed by atoms with Gasteiger partial charge in [0.15, 0.2) is 11.5 Å². The Bertz CT molecular complexity index is 1620. The summed E-state index contributed by atoms with van der Waals surface area (Å²) < 4.78 is 42.3. The number of rotatable bonds is 6. The topological polar surface area (TPSA) is 103 Å². The third-order valence-corrected chi connectivity index (χ3v) is 7.18. The molecule has 4 aromatic rings. The van der Waals surface area contributed by atoms with Gasteiger partial charge >= 0.3 is 0 Å². The highest BCUT2D eigenvalue weighted by molar-refractivity contribution is 7.88. The van der Waals surface area contributed by atoms with Crippen molar-refractivity contribution in [3.8, 4) is 29.1 Å². The highest BCUT2D eigenvalue weighted by Gasteiger charge is 2.25. The second-order valence-electron chi connectivity index (χ2n) is 8.61. The summed E-state index contributed by atoms with van der Waals surface area (Å²) in [7, 11) is -1.70. The van der Waals surface area contributed by atoms with Crippen molar-refractivity contribution < 1.29 is 22.6 Å². The Labute approximate surface area is 221 Å². The summed E-state index contributed by atoms with van der Waals surface area (Å²) in [4.78, 5) is 8.80. The number of sulfonamides is 1. The molecule has 2 heterocycles. The maximum absolute atomic E-state index is 11.9. The van der Waals surface area contributed by atoms with E-state index in [2.05, 4.69) is 27.1 Å². The van der Waals surface area contributed by atoms with E-state index in [1.54, 1.807) is 7.11 Å². The van der Waals surface area contributed by atoms with Crippen molar-refractivity contribution in [3.05, 3.63) is 78.6 Å². The van der Waals surface area contributed by atoms with Crippen LogP contribution in [-0.4, -0.2) is 61.9 Å². The van der Waals surface area contributed by atoms with E-state index < -0.39 is 16.1 Å². The van der Waals surface area contributed by atoms with Gasteiger partial charge in [-0.2, -0.15) is 4.31 Å². The SMILES string of the molecule is COc1cc(Nc2ncnc3ccc(C#CC4CN(S(C)(=O)=O)CCO4)cc23)ccc1Oc1ccccc1. The number of morpholine rings is 1.